The predicted molar refractivity (Wildman–Crippen MR) is 121 cm³/mol. The molecule has 0 saturated carbocycles. The second-order valence-electron chi connectivity index (χ2n) is 7.08. The molecule has 0 saturated heterocycles. The number of aromatic nitrogens is 2. The Balaban J connectivity index is 1.69. The third-order valence-corrected chi connectivity index (χ3v) is 6.22. The van der Waals surface area contributed by atoms with Crippen molar-refractivity contribution in [2.24, 2.45) is 7.05 Å². The van der Waals surface area contributed by atoms with Gasteiger partial charge in [-0.1, -0.05) is 66.7 Å². The van der Waals surface area contributed by atoms with Crippen molar-refractivity contribution in [2.45, 2.75) is 16.2 Å². The summed E-state index contributed by atoms with van der Waals surface area (Å²) in [6.07, 6.45) is 3.42. The predicted octanol–water partition coefficient (Wildman–Crippen LogP) is 5.30. The summed E-state index contributed by atoms with van der Waals surface area (Å²) < 4.78 is 16.5. The Hall–Kier alpha value is -3.38. The SMILES string of the molecule is Cn1ccnc1[C@@H](NC(=O)[C@@H](Sc1ccccc1)c1ccccc1)c1ccccc1F. The summed E-state index contributed by atoms with van der Waals surface area (Å²) in [4.78, 5) is 18.9. The van der Waals surface area contributed by atoms with Gasteiger partial charge in [0.1, 0.15) is 22.9 Å². The molecule has 1 heterocycles. The lowest BCUT2D eigenvalue weighted by Gasteiger charge is -2.23. The van der Waals surface area contributed by atoms with Crippen molar-refractivity contribution in [1.29, 1.82) is 0 Å². The molecule has 1 amide bonds. The van der Waals surface area contributed by atoms with Crippen molar-refractivity contribution in [3.8, 4) is 0 Å². The van der Waals surface area contributed by atoms with Gasteiger partial charge in [-0.25, -0.2) is 9.37 Å². The highest BCUT2D eigenvalue weighted by atomic mass is 32.2. The molecule has 6 heteroatoms. The molecule has 0 bridgehead atoms. The average Bonchev–Trinajstić information content (AvgIpc) is 3.23. The van der Waals surface area contributed by atoms with Crippen molar-refractivity contribution in [2.75, 3.05) is 0 Å². The molecule has 4 rings (SSSR count). The topological polar surface area (TPSA) is 46.9 Å². The molecule has 156 valence electrons. The fraction of sp³-hybridized carbons (Fsp3) is 0.120. The van der Waals surface area contributed by atoms with Gasteiger partial charge in [-0.2, -0.15) is 0 Å². The van der Waals surface area contributed by atoms with Gasteiger partial charge in [0.25, 0.3) is 0 Å². The number of carbonyl (C=O) groups excluding carboxylic acids is 1. The first-order valence-electron chi connectivity index (χ1n) is 9.92. The number of nitrogens with one attached hydrogen (secondary N) is 1. The molecule has 1 N–H and O–H groups in total. The summed E-state index contributed by atoms with van der Waals surface area (Å²) in [6, 6.07) is 25.1. The van der Waals surface area contributed by atoms with Gasteiger partial charge < -0.3 is 9.88 Å². The first-order valence-corrected chi connectivity index (χ1v) is 10.8. The zero-order valence-corrected chi connectivity index (χ0v) is 17.8. The Morgan fingerprint density at radius 1 is 0.968 bits per heavy atom. The number of thioether (sulfide) groups is 1. The summed E-state index contributed by atoms with van der Waals surface area (Å²) in [6.45, 7) is 0. The first-order chi connectivity index (χ1) is 15.1. The third-order valence-electron chi connectivity index (χ3n) is 4.96. The van der Waals surface area contributed by atoms with Crippen LogP contribution in [0.1, 0.15) is 28.2 Å². The summed E-state index contributed by atoms with van der Waals surface area (Å²) in [7, 11) is 1.83. The van der Waals surface area contributed by atoms with Crippen LogP contribution in [-0.2, 0) is 11.8 Å². The van der Waals surface area contributed by atoms with Crippen molar-refractivity contribution in [3.05, 3.63) is 120 Å². The zero-order chi connectivity index (χ0) is 21.6. The van der Waals surface area contributed by atoms with E-state index >= 15 is 0 Å². The van der Waals surface area contributed by atoms with Crippen LogP contribution in [0.4, 0.5) is 4.39 Å². The van der Waals surface area contributed by atoms with Crippen LogP contribution in [0.5, 0.6) is 0 Å². The highest BCUT2D eigenvalue weighted by molar-refractivity contribution is 8.00. The molecule has 0 unspecified atom stereocenters. The lowest BCUT2D eigenvalue weighted by molar-refractivity contribution is -0.121. The zero-order valence-electron chi connectivity index (χ0n) is 17.0. The molecule has 4 aromatic rings. The highest BCUT2D eigenvalue weighted by Gasteiger charge is 2.28. The number of halogens is 1. The van der Waals surface area contributed by atoms with Crippen LogP contribution in [0.15, 0.2) is 102 Å². The Morgan fingerprint density at radius 3 is 2.26 bits per heavy atom. The molecule has 3 aromatic carbocycles. The van der Waals surface area contributed by atoms with Gasteiger partial charge in [-0.3, -0.25) is 4.79 Å². The van der Waals surface area contributed by atoms with Crippen molar-refractivity contribution >= 4 is 17.7 Å². The van der Waals surface area contributed by atoms with Gasteiger partial charge >= 0.3 is 0 Å². The summed E-state index contributed by atoms with van der Waals surface area (Å²) >= 11 is 1.46. The maximum atomic E-state index is 14.7. The standard InChI is InChI=1S/C25H22FN3OS/c1-29-17-16-27-24(29)22(20-14-8-9-15-21(20)26)28-25(30)23(18-10-4-2-5-11-18)31-19-12-6-3-7-13-19/h2-17,22-23H,1H3,(H,28,30)/t22-,23-/m0/s1. The quantitative estimate of drug-likeness (QED) is 0.404. The molecule has 4 nitrogen and oxygen atoms in total. The largest absolute Gasteiger partial charge is 0.341 e. The summed E-state index contributed by atoms with van der Waals surface area (Å²) in [5.74, 6) is -0.0333. The lowest BCUT2D eigenvalue weighted by atomic mass is 10.0. The minimum atomic E-state index is -0.712. The third kappa shape index (κ3) is 4.86. The number of imidazole rings is 1. The van der Waals surface area contributed by atoms with Gasteiger partial charge in [0, 0.05) is 29.9 Å². The molecule has 0 radical (unpaired) electrons. The fourth-order valence-corrected chi connectivity index (χ4v) is 4.45. The number of hydrogen-bond donors (Lipinski definition) is 1. The number of amides is 1. The number of nitrogens with zero attached hydrogens (tertiary/aromatic N) is 2. The van der Waals surface area contributed by atoms with Crippen LogP contribution in [0, 0.1) is 5.82 Å². The van der Waals surface area contributed by atoms with Gasteiger partial charge in [0.15, 0.2) is 0 Å². The van der Waals surface area contributed by atoms with Gasteiger partial charge in [0.05, 0.1) is 0 Å². The van der Waals surface area contributed by atoms with E-state index in [1.54, 1.807) is 35.2 Å². The van der Waals surface area contributed by atoms with Crippen LogP contribution in [0.25, 0.3) is 0 Å². The molecule has 31 heavy (non-hydrogen) atoms. The minimum absolute atomic E-state index is 0.212. The summed E-state index contributed by atoms with van der Waals surface area (Å²) in [5.41, 5.74) is 1.25. The lowest BCUT2D eigenvalue weighted by Crippen LogP contribution is -2.34. The smallest absolute Gasteiger partial charge is 0.238 e. The number of hydrogen-bond acceptors (Lipinski definition) is 3. The Kier molecular flexibility index (Phi) is 6.48. The minimum Gasteiger partial charge on any atom is -0.341 e. The number of rotatable bonds is 7. The van der Waals surface area contributed by atoms with E-state index in [-0.39, 0.29) is 11.7 Å². The number of aryl methyl sites for hydroxylation is 1. The molecule has 0 aliphatic carbocycles. The van der Waals surface area contributed by atoms with E-state index in [1.807, 2.05) is 67.7 Å². The monoisotopic (exact) mass is 431 g/mol. The van der Waals surface area contributed by atoms with Crippen LogP contribution >= 0.6 is 11.8 Å². The van der Waals surface area contributed by atoms with E-state index in [4.69, 9.17) is 0 Å². The molecule has 0 aliphatic rings. The second-order valence-corrected chi connectivity index (χ2v) is 8.26. The van der Waals surface area contributed by atoms with E-state index in [9.17, 15) is 9.18 Å². The van der Waals surface area contributed by atoms with Crippen molar-refractivity contribution < 1.29 is 9.18 Å². The van der Waals surface area contributed by atoms with E-state index in [0.29, 0.717) is 11.4 Å². The molecule has 1 aromatic heterocycles. The van der Waals surface area contributed by atoms with E-state index in [2.05, 4.69) is 10.3 Å². The van der Waals surface area contributed by atoms with E-state index in [1.165, 1.54) is 17.8 Å². The maximum Gasteiger partial charge on any atom is 0.238 e. The first kappa shape index (κ1) is 20.9. The van der Waals surface area contributed by atoms with Crippen LogP contribution in [0.3, 0.4) is 0 Å². The van der Waals surface area contributed by atoms with Crippen LogP contribution < -0.4 is 5.32 Å². The highest BCUT2D eigenvalue weighted by Crippen LogP contribution is 2.36. The molecular formula is C25H22FN3OS. The molecule has 0 spiro atoms. The van der Waals surface area contributed by atoms with Gasteiger partial charge in [-0.05, 0) is 23.8 Å². The maximum absolute atomic E-state index is 14.7. The van der Waals surface area contributed by atoms with Gasteiger partial charge in [-0.15, -0.1) is 11.8 Å². The molecule has 0 fully saturated rings. The Bertz CT molecular complexity index is 1150. The molecular weight excluding hydrogens is 409 g/mol. The Labute approximate surface area is 185 Å². The van der Waals surface area contributed by atoms with Crippen molar-refractivity contribution in [1.82, 2.24) is 14.9 Å². The second kappa shape index (κ2) is 9.62. The molecule has 2 atom stereocenters. The van der Waals surface area contributed by atoms with Crippen LogP contribution in [-0.4, -0.2) is 15.5 Å². The Morgan fingerprint density at radius 2 is 1.61 bits per heavy atom. The summed E-state index contributed by atoms with van der Waals surface area (Å²) in [5, 5.41) is 2.55. The molecule has 0 aliphatic heterocycles. The normalized spacial score (nSPS) is 12.8. The van der Waals surface area contributed by atoms with E-state index in [0.717, 1.165) is 10.5 Å². The van der Waals surface area contributed by atoms with Crippen LogP contribution in [0.2, 0.25) is 0 Å². The van der Waals surface area contributed by atoms with Crippen molar-refractivity contribution in [3.63, 3.8) is 0 Å². The number of benzene rings is 3. The average molecular weight is 432 g/mol. The fourth-order valence-electron chi connectivity index (χ4n) is 3.40. The van der Waals surface area contributed by atoms with Gasteiger partial charge in [0.2, 0.25) is 5.91 Å². The number of carbonyl (C=O) groups is 1. The van der Waals surface area contributed by atoms with E-state index < -0.39 is 11.3 Å².